The van der Waals surface area contributed by atoms with Gasteiger partial charge >= 0.3 is 6.03 Å². The van der Waals surface area contributed by atoms with Gasteiger partial charge in [0.1, 0.15) is 0 Å². The van der Waals surface area contributed by atoms with E-state index in [4.69, 9.17) is 4.52 Å². The quantitative estimate of drug-likeness (QED) is 0.788. The molecule has 2 amide bonds. The first kappa shape index (κ1) is 14.9. The molecule has 0 spiro atoms. The van der Waals surface area contributed by atoms with Crippen molar-refractivity contribution in [2.24, 2.45) is 0 Å². The lowest BCUT2D eigenvalue weighted by Gasteiger charge is -2.36. The summed E-state index contributed by atoms with van der Waals surface area (Å²) in [7, 11) is 0. The second kappa shape index (κ2) is 6.09. The number of rotatable bonds is 3. The number of carbonyl (C=O) groups is 1. The third-order valence-corrected chi connectivity index (χ3v) is 4.69. The highest BCUT2D eigenvalue weighted by atomic mass is 32.1. The third kappa shape index (κ3) is 2.90. The van der Waals surface area contributed by atoms with Crippen molar-refractivity contribution in [3.63, 3.8) is 0 Å². The van der Waals surface area contributed by atoms with E-state index in [1.807, 2.05) is 48.0 Å². The van der Waals surface area contributed by atoms with Gasteiger partial charge in [0.25, 0.3) is 0 Å². The molecule has 1 aliphatic heterocycles. The van der Waals surface area contributed by atoms with Gasteiger partial charge in [0.15, 0.2) is 0 Å². The highest BCUT2D eigenvalue weighted by molar-refractivity contribution is 7.08. The molecule has 1 fully saturated rings. The molecule has 0 aliphatic carbocycles. The summed E-state index contributed by atoms with van der Waals surface area (Å²) in [4.78, 5) is 18.4. The van der Waals surface area contributed by atoms with E-state index < -0.39 is 0 Å². The van der Waals surface area contributed by atoms with E-state index >= 15 is 0 Å². The zero-order chi connectivity index (χ0) is 16.5. The molecule has 4 rings (SSSR count). The number of anilines is 1. The van der Waals surface area contributed by atoms with Crippen LogP contribution in [0.5, 0.6) is 0 Å². The van der Waals surface area contributed by atoms with Crippen molar-refractivity contribution in [1.82, 2.24) is 15.0 Å². The molecule has 24 heavy (non-hydrogen) atoms. The summed E-state index contributed by atoms with van der Waals surface area (Å²) in [5, 5.41) is 10.9. The average Bonchev–Trinajstić information content (AvgIpc) is 3.16. The van der Waals surface area contributed by atoms with Crippen LogP contribution in [0.4, 0.5) is 10.5 Å². The number of nitrogens with zero attached hydrogens (tertiary/aromatic N) is 3. The summed E-state index contributed by atoms with van der Waals surface area (Å²) in [6.07, 6.45) is 0. The number of carbonyl (C=O) groups excluding carboxylic acids is 1. The van der Waals surface area contributed by atoms with Crippen LogP contribution in [0.15, 0.2) is 45.6 Å². The highest BCUT2D eigenvalue weighted by Crippen LogP contribution is 2.28. The number of hydrogen-bond donors (Lipinski definition) is 1. The Morgan fingerprint density at radius 3 is 3.00 bits per heavy atom. The second-order valence-corrected chi connectivity index (χ2v) is 6.65. The van der Waals surface area contributed by atoms with Crippen LogP contribution in [0.2, 0.25) is 0 Å². The predicted molar refractivity (Wildman–Crippen MR) is 92.1 cm³/mol. The van der Waals surface area contributed by atoms with Crippen LogP contribution < -0.4 is 5.32 Å². The van der Waals surface area contributed by atoms with Crippen LogP contribution in [0.3, 0.4) is 0 Å². The molecule has 1 aliphatic rings. The minimum atomic E-state index is -0.102. The Hall–Kier alpha value is -2.67. The topological polar surface area (TPSA) is 71.3 Å². The number of nitrogens with one attached hydrogen (secondary N) is 1. The first-order valence-electron chi connectivity index (χ1n) is 7.68. The predicted octanol–water partition coefficient (Wildman–Crippen LogP) is 3.74. The molecule has 0 unspecified atom stereocenters. The van der Waals surface area contributed by atoms with Crippen LogP contribution >= 0.6 is 11.3 Å². The van der Waals surface area contributed by atoms with Gasteiger partial charge in [-0.05, 0) is 36.1 Å². The fraction of sp³-hybridized carbons (Fsp3) is 0.235. The third-order valence-electron chi connectivity index (χ3n) is 4.01. The molecule has 0 radical (unpaired) electrons. The van der Waals surface area contributed by atoms with Crippen molar-refractivity contribution in [2.75, 3.05) is 18.4 Å². The molecule has 1 aromatic carbocycles. The Kier molecular flexibility index (Phi) is 3.78. The monoisotopic (exact) mass is 340 g/mol. The fourth-order valence-corrected chi connectivity index (χ4v) is 3.27. The Morgan fingerprint density at radius 2 is 2.25 bits per heavy atom. The number of urea groups is 1. The van der Waals surface area contributed by atoms with Gasteiger partial charge in [-0.15, -0.1) is 0 Å². The number of aromatic nitrogens is 2. The van der Waals surface area contributed by atoms with Crippen molar-refractivity contribution in [1.29, 1.82) is 0 Å². The van der Waals surface area contributed by atoms with Gasteiger partial charge in [0.05, 0.1) is 5.92 Å². The van der Waals surface area contributed by atoms with Crippen molar-refractivity contribution in [3.8, 4) is 11.4 Å². The van der Waals surface area contributed by atoms with Crippen molar-refractivity contribution < 1.29 is 9.32 Å². The summed E-state index contributed by atoms with van der Waals surface area (Å²) < 4.78 is 5.34. The van der Waals surface area contributed by atoms with Crippen molar-refractivity contribution in [3.05, 3.63) is 52.5 Å². The lowest BCUT2D eigenvalue weighted by molar-refractivity contribution is 0.147. The zero-order valence-electron chi connectivity index (χ0n) is 13.1. The van der Waals surface area contributed by atoms with Crippen molar-refractivity contribution in [2.45, 2.75) is 12.8 Å². The van der Waals surface area contributed by atoms with Gasteiger partial charge in [0.2, 0.25) is 11.7 Å². The normalized spacial score (nSPS) is 14.5. The van der Waals surface area contributed by atoms with Gasteiger partial charge in [-0.3, -0.25) is 0 Å². The summed E-state index contributed by atoms with van der Waals surface area (Å²) in [6, 6.07) is 9.61. The van der Waals surface area contributed by atoms with Crippen LogP contribution in [0.1, 0.15) is 17.4 Å². The smallest absolute Gasteiger partial charge is 0.321 e. The van der Waals surface area contributed by atoms with Crippen LogP contribution in [-0.4, -0.2) is 34.2 Å². The number of benzene rings is 1. The summed E-state index contributed by atoms with van der Waals surface area (Å²) >= 11 is 1.60. The highest BCUT2D eigenvalue weighted by Gasteiger charge is 2.35. The Balaban J connectivity index is 1.35. The average molecular weight is 340 g/mol. The lowest BCUT2D eigenvalue weighted by atomic mass is 10.0. The molecule has 122 valence electrons. The zero-order valence-corrected chi connectivity index (χ0v) is 13.9. The minimum absolute atomic E-state index is 0.102. The minimum Gasteiger partial charge on any atom is -0.339 e. The molecule has 7 heteroatoms. The first-order chi connectivity index (χ1) is 11.7. The second-order valence-electron chi connectivity index (χ2n) is 5.87. The van der Waals surface area contributed by atoms with E-state index in [0.29, 0.717) is 24.8 Å². The van der Waals surface area contributed by atoms with Crippen LogP contribution in [-0.2, 0) is 0 Å². The van der Waals surface area contributed by atoms with Gasteiger partial charge < -0.3 is 14.7 Å². The number of thiophene rings is 1. The Morgan fingerprint density at radius 1 is 1.38 bits per heavy atom. The Bertz CT molecular complexity index is 853. The standard InChI is InChI=1S/C17H16N4O2S/c1-11-3-2-4-14(7-11)18-17(22)21-8-13(9-21)16-19-15(20-23-16)12-5-6-24-10-12/h2-7,10,13H,8-9H2,1H3,(H,18,22). The molecule has 0 bridgehead atoms. The van der Waals surface area contributed by atoms with Gasteiger partial charge in [0, 0.05) is 29.7 Å². The van der Waals surface area contributed by atoms with E-state index in [-0.39, 0.29) is 11.9 Å². The molecule has 3 aromatic rings. The Labute approximate surface area is 143 Å². The maximum atomic E-state index is 12.2. The van der Waals surface area contributed by atoms with E-state index in [0.717, 1.165) is 16.8 Å². The van der Waals surface area contributed by atoms with Crippen LogP contribution in [0, 0.1) is 6.92 Å². The lowest BCUT2D eigenvalue weighted by Crippen LogP contribution is -2.50. The van der Waals surface area contributed by atoms with Gasteiger partial charge in [-0.2, -0.15) is 16.3 Å². The van der Waals surface area contributed by atoms with Gasteiger partial charge in [-0.25, -0.2) is 4.79 Å². The maximum absolute atomic E-state index is 12.2. The summed E-state index contributed by atoms with van der Waals surface area (Å²) in [5.74, 6) is 1.30. The number of hydrogen-bond acceptors (Lipinski definition) is 5. The van der Waals surface area contributed by atoms with Crippen molar-refractivity contribution >= 4 is 23.1 Å². The molecule has 3 heterocycles. The molecule has 6 nitrogen and oxygen atoms in total. The molecule has 0 atom stereocenters. The molecule has 0 saturated carbocycles. The summed E-state index contributed by atoms with van der Waals surface area (Å²) in [6.45, 7) is 3.17. The number of likely N-dealkylation sites (tertiary alicyclic amines) is 1. The number of amides is 2. The summed E-state index contributed by atoms with van der Waals surface area (Å²) in [5.41, 5.74) is 2.88. The molecule has 2 aromatic heterocycles. The maximum Gasteiger partial charge on any atom is 0.321 e. The van der Waals surface area contributed by atoms with E-state index in [9.17, 15) is 4.79 Å². The van der Waals surface area contributed by atoms with Crippen LogP contribution in [0.25, 0.3) is 11.4 Å². The van der Waals surface area contributed by atoms with E-state index in [1.54, 1.807) is 16.2 Å². The van der Waals surface area contributed by atoms with Gasteiger partial charge in [-0.1, -0.05) is 17.3 Å². The van der Waals surface area contributed by atoms with E-state index in [1.165, 1.54) is 0 Å². The molecule has 1 saturated heterocycles. The first-order valence-corrected chi connectivity index (χ1v) is 8.62. The molecular formula is C17H16N4O2S. The molecule has 1 N–H and O–H groups in total. The molecular weight excluding hydrogens is 324 g/mol. The fourth-order valence-electron chi connectivity index (χ4n) is 2.64. The van der Waals surface area contributed by atoms with E-state index in [2.05, 4.69) is 15.5 Å². The SMILES string of the molecule is Cc1cccc(NC(=O)N2CC(c3nc(-c4ccsc4)no3)C2)c1. The largest absolute Gasteiger partial charge is 0.339 e. The number of aryl methyl sites for hydroxylation is 1.